The molecule has 162 valence electrons. The average Bonchev–Trinajstić information content (AvgIpc) is 3.31. The van der Waals surface area contributed by atoms with Gasteiger partial charge in [0.2, 0.25) is 0 Å². The van der Waals surface area contributed by atoms with Gasteiger partial charge in [-0.05, 0) is 30.5 Å². The lowest BCUT2D eigenvalue weighted by atomic mass is 10.1. The maximum Gasteiger partial charge on any atom is 0.255 e. The molecule has 1 fully saturated rings. The Morgan fingerprint density at radius 2 is 1.87 bits per heavy atom. The minimum Gasteiger partial charge on any atom is -0.353 e. The van der Waals surface area contributed by atoms with Crippen molar-refractivity contribution in [2.45, 2.75) is 37.3 Å². The predicted molar refractivity (Wildman–Crippen MR) is 129 cm³/mol. The molecular weight excluding hydrogens is 424 g/mol. The number of carbonyl (C=O) groups excluding carboxylic acids is 1. The molecule has 3 aromatic rings. The van der Waals surface area contributed by atoms with Crippen molar-refractivity contribution in [3.63, 3.8) is 0 Å². The highest BCUT2D eigenvalue weighted by Gasteiger charge is 2.25. The van der Waals surface area contributed by atoms with E-state index in [4.69, 9.17) is 4.98 Å². The fourth-order valence-electron chi connectivity index (χ4n) is 3.62. The van der Waals surface area contributed by atoms with Crippen LogP contribution in [-0.2, 0) is 5.75 Å². The third-order valence-corrected chi connectivity index (χ3v) is 7.51. The molecule has 7 heteroatoms. The monoisotopic (exact) mass is 452 g/mol. The Kier molecular flexibility index (Phi) is 6.92. The summed E-state index contributed by atoms with van der Waals surface area (Å²) in [7, 11) is 0. The molecule has 1 aliphatic heterocycles. The van der Waals surface area contributed by atoms with Gasteiger partial charge in [0, 0.05) is 59.4 Å². The molecular formula is C24H28N4OS2. The van der Waals surface area contributed by atoms with Gasteiger partial charge < -0.3 is 9.80 Å². The minimum absolute atomic E-state index is 0.121. The van der Waals surface area contributed by atoms with Crippen LogP contribution in [0.5, 0.6) is 0 Å². The van der Waals surface area contributed by atoms with Crippen molar-refractivity contribution in [1.29, 1.82) is 0 Å². The van der Waals surface area contributed by atoms with E-state index in [1.807, 2.05) is 36.1 Å². The topological polar surface area (TPSA) is 49.3 Å². The number of hydrogen-bond acceptors (Lipinski definition) is 6. The molecule has 0 unspecified atom stereocenters. The molecule has 5 nitrogen and oxygen atoms in total. The van der Waals surface area contributed by atoms with Crippen LogP contribution in [0.1, 0.15) is 46.5 Å². The summed E-state index contributed by atoms with van der Waals surface area (Å²) in [6.45, 7) is 9.20. The van der Waals surface area contributed by atoms with Gasteiger partial charge in [-0.3, -0.25) is 4.79 Å². The molecule has 0 spiro atoms. The van der Waals surface area contributed by atoms with Gasteiger partial charge in [-0.25, -0.2) is 9.97 Å². The van der Waals surface area contributed by atoms with Gasteiger partial charge >= 0.3 is 0 Å². The van der Waals surface area contributed by atoms with E-state index < -0.39 is 0 Å². The lowest BCUT2D eigenvalue weighted by molar-refractivity contribution is 0.0743. The molecule has 3 heterocycles. The van der Waals surface area contributed by atoms with E-state index >= 15 is 0 Å². The summed E-state index contributed by atoms with van der Waals surface area (Å²) in [5, 5.41) is 2.09. The number of nitrogens with zero attached hydrogens (tertiary/aromatic N) is 4. The van der Waals surface area contributed by atoms with Crippen LogP contribution in [-0.4, -0.2) is 47.0 Å². The summed E-state index contributed by atoms with van der Waals surface area (Å²) >= 11 is 3.49. The number of rotatable bonds is 6. The van der Waals surface area contributed by atoms with Crippen LogP contribution in [0.4, 0.5) is 5.82 Å². The lowest BCUT2D eigenvalue weighted by Crippen LogP contribution is -2.49. The fraction of sp³-hybridized carbons (Fsp3) is 0.375. The van der Waals surface area contributed by atoms with Gasteiger partial charge in [-0.15, -0.1) is 23.1 Å². The normalized spacial score (nSPS) is 14.3. The van der Waals surface area contributed by atoms with Gasteiger partial charge in [0.05, 0.1) is 5.56 Å². The van der Waals surface area contributed by atoms with Crippen molar-refractivity contribution in [2.75, 3.05) is 31.1 Å². The van der Waals surface area contributed by atoms with Gasteiger partial charge in [-0.2, -0.15) is 0 Å². The van der Waals surface area contributed by atoms with Crippen LogP contribution in [0.3, 0.4) is 0 Å². The Balaban J connectivity index is 1.42. The van der Waals surface area contributed by atoms with E-state index in [0.29, 0.717) is 19.0 Å². The van der Waals surface area contributed by atoms with Crippen molar-refractivity contribution in [1.82, 2.24) is 14.9 Å². The van der Waals surface area contributed by atoms with Crippen LogP contribution in [0.15, 0.2) is 52.7 Å². The van der Waals surface area contributed by atoms with Crippen LogP contribution in [0.25, 0.3) is 0 Å². The second-order valence-corrected chi connectivity index (χ2v) is 10.1. The number of amides is 1. The molecule has 0 aliphatic carbocycles. The van der Waals surface area contributed by atoms with Crippen molar-refractivity contribution in [3.8, 4) is 0 Å². The third-order valence-electron chi connectivity index (χ3n) is 5.33. The number of piperazine rings is 1. The second-order valence-electron chi connectivity index (χ2n) is 8.02. The summed E-state index contributed by atoms with van der Waals surface area (Å²) in [4.78, 5) is 29.2. The largest absolute Gasteiger partial charge is 0.353 e. The van der Waals surface area contributed by atoms with E-state index in [9.17, 15) is 4.79 Å². The highest BCUT2D eigenvalue weighted by atomic mass is 32.2. The molecule has 0 N–H and O–H groups in total. The molecule has 1 saturated heterocycles. The SMILES string of the molecule is Cc1cc(N2CCN(C(=O)c3ccccc3SCc3cccs3)CC2)nc(C(C)C)n1. The maximum absolute atomic E-state index is 13.3. The first kappa shape index (κ1) is 21.8. The minimum atomic E-state index is 0.121. The first-order chi connectivity index (χ1) is 15.0. The van der Waals surface area contributed by atoms with Crippen LogP contribution < -0.4 is 4.90 Å². The van der Waals surface area contributed by atoms with Crippen molar-refractivity contribution in [2.24, 2.45) is 0 Å². The zero-order valence-corrected chi connectivity index (χ0v) is 19.9. The number of carbonyl (C=O) groups is 1. The Morgan fingerprint density at radius 1 is 1.10 bits per heavy atom. The highest BCUT2D eigenvalue weighted by Crippen LogP contribution is 2.29. The van der Waals surface area contributed by atoms with Crippen molar-refractivity contribution >= 4 is 34.8 Å². The van der Waals surface area contributed by atoms with Crippen LogP contribution in [0.2, 0.25) is 0 Å². The van der Waals surface area contributed by atoms with Gasteiger partial charge in [0.25, 0.3) is 5.91 Å². The summed E-state index contributed by atoms with van der Waals surface area (Å²) in [6.07, 6.45) is 0. The van der Waals surface area contributed by atoms with Gasteiger partial charge in [0.1, 0.15) is 11.6 Å². The standard InChI is InChI=1S/C24H28N4OS2/c1-17(2)23-25-18(3)15-22(26-23)27-10-12-28(13-11-27)24(29)20-8-4-5-9-21(20)31-16-19-7-6-14-30-19/h4-9,14-15,17H,10-13,16H2,1-3H3. The number of thioether (sulfide) groups is 1. The molecule has 0 saturated carbocycles. The molecule has 0 bridgehead atoms. The summed E-state index contributed by atoms with van der Waals surface area (Å²) in [6, 6.07) is 14.2. The number of thiophene rings is 1. The fourth-order valence-corrected chi connectivity index (χ4v) is 5.43. The van der Waals surface area contributed by atoms with Crippen LogP contribution in [0, 0.1) is 6.92 Å². The number of anilines is 1. The molecule has 4 rings (SSSR count). The molecule has 0 atom stereocenters. The van der Waals surface area contributed by atoms with Crippen molar-refractivity contribution in [3.05, 3.63) is 69.8 Å². The number of benzene rings is 1. The average molecular weight is 453 g/mol. The second kappa shape index (κ2) is 9.83. The molecule has 31 heavy (non-hydrogen) atoms. The zero-order valence-electron chi connectivity index (χ0n) is 18.2. The van der Waals surface area contributed by atoms with Gasteiger partial charge in [-0.1, -0.05) is 32.0 Å². The first-order valence-electron chi connectivity index (χ1n) is 10.7. The Bertz CT molecular complexity index is 1030. The van der Waals surface area contributed by atoms with Crippen LogP contribution >= 0.6 is 23.1 Å². The van der Waals surface area contributed by atoms with E-state index in [-0.39, 0.29) is 5.91 Å². The van der Waals surface area contributed by atoms with E-state index in [1.54, 1.807) is 23.1 Å². The highest BCUT2D eigenvalue weighted by molar-refractivity contribution is 7.98. The summed E-state index contributed by atoms with van der Waals surface area (Å²) in [5.41, 5.74) is 1.79. The smallest absolute Gasteiger partial charge is 0.255 e. The molecule has 1 aliphatic rings. The lowest BCUT2D eigenvalue weighted by Gasteiger charge is -2.36. The molecule has 1 amide bonds. The van der Waals surface area contributed by atoms with Gasteiger partial charge in [0.15, 0.2) is 0 Å². The predicted octanol–water partition coefficient (Wildman–Crippen LogP) is 5.22. The zero-order chi connectivity index (χ0) is 21.8. The third kappa shape index (κ3) is 5.28. The first-order valence-corrected chi connectivity index (χ1v) is 12.5. The number of aromatic nitrogens is 2. The Labute approximate surface area is 192 Å². The molecule has 1 aromatic carbocycles. The quantitative estimate of drug-likeness (QED) is 0.480. The van der Waals surface area contributed by atoms with E-state index in [0.717, 1.165) is 46.6 Å². The Hall–Kier alpha value is -2.38. The maximum atomic E-state index is 13.3. The van der Waals surface area contributed by atoms with E-state index in [2.05, 4.69) is 47.3 Å². The van der Waals surface area contributed by atoms with Crippen molar-refractivity contribution < 1.29 is 4.79 Å². The number of aryl methyl sites for hydroxylation is 1. The molecule has 0 radical (unpaired) electrons. The Morgan fingerprint density at radius 3 is 2.58 bits per heavy atom. The number of hydrogen-bond donors (Lipinski definition) is 0. The summed E-state index contributed by atoms with van der Waals surface area (Å²) < 4.78 is 0. The molecule has 2 aromatic heterocycles. The van der Waals surface area contributed by atoms with E-state index in [1.165, 1.54) is 4.88 Å². The summed E-state index contributed by atoms with van der Waals surface area (Å²) in [5.74, 6) is 3.15.